The summed E-state index contributed by atoms with van der Waals surface area (Å²) in [5.74, 6) is 0.136. The molecule has 5 heteroatoms. The minimum Gasteiger partial charge on any atom is -0.443 e. The lowest BCUT2D eigenvalue weighted by Crippen LogP contribution is -2.40. The fraction of sp³-hybridized carbons (Fsp3) is 0.818. The molecule has 16 heavy (non-hydrogen) atoms. The third-order valence-corrected chi connectivity index (χ3v) is 2.95. The number of nitrogens with one attached hydrogen (secondary N) is 1. The van der Waals surface area contributed by atoms with Gasteiger partial charge >= 0.3 is 6.09 Å². The van der Waals surface area contributed by atoms with E-state index < -0.39 is 11.7 Å². The summed E-state index contributed by atoms with van der Waals surface area (Å²) >= 11 is 0. The number of ether oxygens (including phenoxy) is 1. The zero-order valence-electron chi connectivity index (χ0n) is 9.95. The number of carbonyl (C=O) groups excluding carboxylic acids is 2. The Kier molecular flexibility index (Phi) is 2.66. The highest BCUT2D eigenvalue weighted by atomic mass is 16.6. The molecule has 0 saturated carbocycles. The number of likely N-dealkylation sites (tertiary alicyclic amines) is 1. The topological polar surface area (TPSA) is 58.6 Å². The average molecular weight is 226 g/mol. The Morgan fingerprint density at radius 2 is 2.12 bits per heavy atom. The van der Waals surface area contributed by atoms with Crippen molar-refractivity contribution in [2.24, 2.45) is 11.8 Å². The summed E-state index contributed by atoms with van der Waals surface area (Å²) in [6, 6.07) is 0. The molecule has 0 unspecified atom stereocenters. The molecule has 0 aromatic heterocycles. The summed E-state index contributed by atoms with van der Waals surface area (Å²) in [6.45, 7) is 7.39. The van der Waals surface area contributed by atoms with Crippen molar-refractivity contribution in [3.63, 3.8) is 0 Å². The van der Waals surface area contributed by atoms with Crippen molar-refractivity contribution in [3.05, 3.63) is 0 Å². The van der Waals surface area contributed by atoms with Crippen LogP contribution < -0.4 is 5.32 Å². The van der Waals surface area contributed by atoms with Crippen molar-refractivity contribution in [1.29, 1.82) is 0 Å². The number of imide groups is 1. The van der Waals surface area contributed by atoms with Crippen LogP contribution in [0.2, 0.25) is 0 Å². The van der Waals surface area contributed by atoms with Crippen molar-refractivity contribution in [2.45, 2.75) is 26.4 Å². The molecule has 0 radical (unpaired) electrons. The largest absolute Gasteiger partial charge is 0.443 e. The fourth-order valence-electron chi connectivity index (χ4n) is 2.22. The number of rotatable bonds is 0. The molecule has 0 aromatic carbocycles. The van der Waals surface area contributed by atoms with Gasteiger partial charge in [0, 0.05) is 25.6 Å². The van der Waals surface area contributed by atoms with Crippen LogP contribution in [-0.2, 0) is 9.53 Å². The lowest BCUT2D eigenvalue weighted by Gasteiger charge is -2.23. The highest BCUT2D eigenvalue weighted by Gasteiger charge is 2.46. The van der Waals surface area contributed by atoms with Crippen molar-refractivity contribution >= 4 is 12.0 Å². The summed E-state index contributed by atoms with van der Waals surface area (Å²) in [6.07, 6.45) is -0.508. The zero-order chi connectivity index (χ0) is 11.9. The van der Waals surface area contributed by atoms with Crippen LogP contribution in [0.25, 0.3) is 0 Å². The molecule has 1 N–H and O–H groups in total. The molecule has 2 rings (SSSR count). The van der Waals surface area contributed by atoms with E-state index in [1.807, 2.05) is 0 Å². The molecule has 2 aliphatic heterocycles. The van der Waals surface area contributed by atoms with Crippen LogP contribution in [0.3, 0.4) is 0 Å². The maximum Gasteiger partial charge on any atom is 0.417 e. The minimum atomic E-state index is -0.548. The lowest BCUT2D eigenvalue weighted by molar-refractivity contribution is -0.130. The molecule has 5 nitrogen and oxygen atoms in total. The molecule has 2 saturated heterocycles. The van der Waals surface area contributed by atoms with Gasteiger partial charge in [0.1, 0.15) is 5.60 Å². The van der Waals surface area contributed by atoms with Gasteiger partial charge in [-0.3, -0.25) is 4.79 Å². The van der Waals surface area contributed by atoms with E-state index in [-0.39, 0.29) is 17.7 Å². The summed E-state index contributed by atoms with van der Waals surface area (Å²) < 4.78 is 5.20. The molecule has 0 spiro atoms. The second kappa shape index (κ2) is 3.73. The first-order chi connectivity index (χ1) is 7.38. The maximum atomic E-state index is 11.9. The number of hydrogen-bond donors (Lipinski definition) is 1. The van der Waals surface area contributed by atoms with Gasteiger partial charge < -0.3 is 10.1 Å². The molecular weight excluding hydrogens is 208 g/mol. The first-order valence-electron chi connectivity index (χ1n) is 5.63. The summed E-state index contributed by atoms with van der Waals surface area (Å²) in [5, 5.41) is 3.16. The second-order valence-electron chi connectivity index (χ2n) is 5.45. The van der Waals surface area contributed by atoms with Gasteiger partial charge in [0.05, 0.1) is 5.92 Å². The number of amides is 2. The molecule has 0 bridgehead atoms. The predicted molar refractivity (Wildman–Crippen MR) is 57.8 cm³/mol. The normalized spacial score (nSPS) is 29.4. The van der Waals surface area contributed by atoms with E-state index in [0.29, 0.717) is 13.1 Å². The van der Waals surface area contributed by atoms with E-state index in [9.17, 15) is 9.59 Å². The van der Waals surface area contributed by atoms with Crippen LogP contribution in [0, 0.1) is 11.8 Å². The maximum absolute atomic E-state index is 11.9. The molecule has 2 amide bonds. The first kappa shape index (κ1) is 11.4. The number of nitrogens with zero attached hydrogens (tertiary/aromatic N) is 1. The molecule has 90 valence electrons. The van der Waals surface area contributed by atoms with E-state index in [4.69, 9.17) is 4.74 Å². The molecule has 2 atom stereocenters. The van der Waals surface area contributed by atoms with Gasteiger partial charge in [-0.25, -0.2) is 9.69 Å². The molecule has 2 fully saturated rings. The molecule has 2 aliphatic rings. The Labute approximate surface area is 95.1 Å². The predicted octanol–water partition coefficient (Wildman–Crippen LogP) is 0.599. The van der Waals surface area contributed by atoms with Gasteiger partial charge in [-0.2, -0.15) is 0 Å². The Morgan fingerprint density at radius 3 is 2.69 bits per heavy atom. The van der Waals surface area contributed by atoms with E-state index in [1.165, 1.54) is 4.90 Å². The average Bonchev–Trinajstić information content (AvgIpc) is 2.66. The summed E-state index contributed by atoms with van der Waals surface area (Å²) in [7, 11) is 0. The van der Waals surface area contributed by atoms with E-state index in [0.717, 1.165) is 6.54 Å². The third kappa shape index (κ3) is 2.04. The van der Waals surface area contributed by atoms with Crippen LogP contribution in [0.15, 0.2) is 0 Å². The van der Waals surface area contributed by atoms with Gasteiger partial charge in [0.15, 0.2) is 0 Å². The lowest BCUT2D eigenvalue weighted by atomic mass is 10.0. The van der Waals surface area contributed by atoms with Crippen LogP contribution >= 0.6 is 0 Å². The van der Waals surface area contributed by atoms with Crippen LogP contribution in [0.1, 0.15) is 20.8 Å². The van der Waals surface area contributed by atoms with Crippen molar-refractivity contribution < 1.29 is 14.3 Å². The Bertz CT molecular complexity index is 322. The zero-order valence-corrected chi connectivity index (χ0v) is 9.95. The van der Waals surface area contributed by atoms with E-state index in [2.05, 4.69) is 5.32 Å². The number of hydrogen-bond acceptors (Lipinski definition) is 4. The Morgan fingerprint density at radius 1 is 1.44 bits per heavy atom. The van der Waals surface area contributed by atoms with Crippen molar-refractivity contribution in [2.75, 3.05) is 19.6 Å². The van der Waals surface area contributed by atoms with Gasteiger partial charge in [-0.1, -0.05) is 0 Å². The standard InChI is InChI=1S/C11H18N2O3/c1-11(2,3)16-10(15)13-6-7-4-12-5-8(7)9(13)14/h7-8,12H,4-6H2,1-3H3/t7-,8+/m1/s1. The molecule has 2 heterocycles. The van der Waals surface area contributed by atoms with Crippen LogP contribution in [-0.4, -0.2) is 42.1 Å². The summed E-state index contributed by atoms with van der Waals surface area (Å²) in [5.41, 5.74) is -0.548. The molecule has 0 aliphatic carbocycles. The van der Waals surface area contributed by atoms with Gasteiger partial charge in [-0.05, 0) is 20.8 Å². The highest BCUT2D eigenvalue weighted by molar-refractivity contribution is 5.95. The van der Waals surface area contributed by atoms with Gasteiger partial charge in [0.2, 0.25) is 5.91 Å². The van der Waals surface area contributed by atoms with Crippen molar-refractivity contribution in [1.82, 2.24) is 10.2 Å². The highest BCUT2D eigenvalue weighted by Crippen LogP contribution is 2.28. The Hall–Kier alpha value is -1.10. The number of fused-ring (bicyclic) bond motifs is 1. The quantitative estimate of drug-likeness (QED) is 0.657. The first-order valence-corrected chi connectivity index (χ1v) is 5.63. The van der Waals surface area contributed by atoms with Crippen molar-refractivity contribution in [3.8, 4) is 0 Å². The summed E-state index contributed by atoms with van der Waals surface area (Å²) in [4.78, 5) is 24.9. The minimum absolute atomic E-state index is 0.0347. The van der Waals surface area contributed by atoms with Gasteiger partial charge in [-0.15, -0.1) is 0 Å². The van der Waals surface area contributed by atoms with Gasteiger partial charge in [0.25, 0.3) is 0 Å². The third-order valence-electron chi connectivity index (χ3n) is 2.95. The SMILES string of the molecule is CC(C)(C)OC(=O)N1C[C@H]2CNC[C@@H]2C1=O. The second-order valence-corrected chi connectivity index (χ2v) is 5.45. The monoisotopic (exact) mass is 226 g/mol. The van der Waals surface area contributed by atoms with Crippen LogP contribution in [0.4, 0.5) is 4.79 Å². The molecular formula is C11H18N2O3. The number of carbonyl (C=O) groups is 2. The van der Waals surface area contributed by atoms with E-state index >= 15 is 0 Å². The smallest absolute Gasteiger partial charge is 0.417 e. The fourth-order valence-corrected chi connectivity index (χ4v) is 2.22. The van der Waals surface area contributed by atoms with Crippen LogP contribution in [0.5, 0.6) is 0 Å². The van der Waals surface area contributed by atoms with E-state index in [1.54, 1.807) is 20.8 Å². The Balaban J connectivity index is 2.02. The molecule has 0 aromatic rings.